The first kappa shape index (κ1) is 9.92. The van der Waals surface area contributed by atoms with E-state index < -0.39 is 0 Å². The Morgan fingerprint density at radius 3 is 2.93 bits per heavy atom. The number of rotatable bonds is 2. The summed E-state index contributed by atoms with van der Waals surface area (Å²) in [5, 5.41) is 0.609. The summed E-state index contributed by atoms with van der Waals surface area (Å²) in [7, 11) is 0. The standard InChI is InChI=1S/C10H12N4S/c1-2-6-3-4-7-8(5-6)15-10(13-7)14-9(11)12/h3-5H,2H2,1H3,(H4,11,12,13,14). The van der Waals surface area contributed by atoms with E-state index in [1.807, 2.05) is 6.07 Å². The maximum Gasteiger partial charge on any atom is 0.213 e. The molecule has 4 N–H and O–H groups in total. The summed E-state index contributed by atoms with van der Waals surface area (Å²) in [6, 6.07) is 6.19. The predicted octanol–water partition coefficient (Wildman–Crippen LogP) is 1.76. The summed E-state index contributed by atoms with van der Waals surface area (Å²) in [6.07, 6.45) is 1.02. The molecule has 0 aliphatic rings. The van der Waals surface area contributed by atoms with Crippen LogP contribution in [0.2, 0.25) is 0 Å². The van der Waals surface area contributed by atoms with Crippen LogP contribution in [0.5, 0.6) is 0 Å². The van der Waals surface area contributed by atoms with Gasteiger partial charge in [-0.05, 0) is 24.1 Å². The van der Waals surface area contributed by atoms with Crippen molar-refractivity contribution in [3.8, 4) is 0 Å². The molecule has 0 aliphatic carbocycles. The van der Waals surface area contributed by atoms with Crippen molar-refractivity contribution in [1.82, 2.24) is 4.98 Å². The molecule has 1 aromatic carbocycles. The minimum absolute atomic E-state index is 0.0461. The van der Waals surface area contributed by atoms with Gasteiger partial charge in [0.05, 0.1) is 10.2 Å². The number of aryl methyl sites for hydroxylation is 1. The number of nitrogens with zero attached hydrogens (tertiary/aromatic N) is 2. The summed E-state index contributed by atoms with van der Waals surface area (Å²) >= 11 is 1.50. The SMILES string of the molecule is CCc1ccc2nc(N=C(N)N)sc2c1. The normalized spacial score (nSPS) is 10.5. The van der Waals surface area contributed by atoms with Gasteiger partial charge in [-0.25, -0.2) is 4.98 Å². The van der Waals surface area contributed by atoms with Crippen LogP contribution in [0.4, 0.5) is 5.13 Å². The number of nitrogens with two attached hydrogens (primary N) is 2. The molecule has 2 rings (SSSR count). The molecule has 4 nitrogen and oxygen atoms in total. The van der Waals surface area contributed by atoms with Gasteiger partial charge in [0.1, 0.15) is 0 Å². The molecule has 15 heavy (non-hydrogen) atoms. The van der Waals surface area contributed by atoms with Crippen molar-refractivity contribution in [2.45, 2.75) is 13.3 Å². The first-order valence-corrected chi connectivity index (χ1v) is 5.50. The molecule has 1 heterocycles. The molecule has 0 saturated heterocycles. The topological polar surface area (TPSA) is 77.3 Å². The molecule has 0 fully saturated rings. The number of guanidine groups is 1. The Kier molecular flexibility index (Phi) is 2.55. The molecule has 0 unspecified atom stereocenters. The van der Waals surface area contributed by atoms with Gasteiger partial charge in [-0.3, -0.25) is 0 Å². The largest absolute Gasteiger partial charge is 0.370 e. The van der Waals surface area contributed by atoms with Gasteiger partial charge in [0.2, 0.25) is 5.13 Å². The van der Waals surface area contributed by atoms with Crippen LogP contribution in [0.1, 0.15) is 12.5 Å². The van der Waals surface area contributed by atoms with Crippen LogP contribution in [-0.4, -0.2) is 10.9 Å². The molecular formula is C10H12N4S. The van der Waals surface area contributed by atoms with Gasteiger partial charge in [0, 0.05) is 0 Å². The number of aromatic nitrogens is 1. The maximum atomic E-state index is 5.30. The van der Waals surface area contributed by atoms with E-state index in [-0.39, 0.29) is 5.96 Å². The van der Waals surface area contributed by atoms with Crippen molar-refractivity contribution in [3.63, 3.8) is 0 Å². The monoisotopic (exact) mass is 220 g/mol. The molecule has 0 radical (unpaired) electrons. The Bertz CT molecular complexity index is 511. The van der Waals surface area contributed by atoms with Crippen molar-refractivity contribution in [2.24, 2.45) is 16.5 Å². The molecule has 0 saturated carbocycles. The fraction of sp³-hybridized carbons (Fsp3) is 0.200. The number of thiazole rings is 1. The van der Waals surface area contributed by atoms with Crippen molar-refractivity contribution in [1.29, 1.82) is 0 Å². The molecule has 2 aromatic rings. The van der Waals surface area contributed by atoms with E-state index in [9.17, 15) is 0 Å². The second-order valence-electron chi connectivity index (χ2n) is 3.19. The number of fused-ring (bicyclic) bond motifs is 1. The molecule has 0 bridgehead atoms. The van der Waals surface area contributed by atoms with Gasteiger partial charge >= 0.3 is 0 Å². The van der Waals surface area contributed by atoms with Crippen LogP contribution in [0, 0.1) is 0 Å². The van der Waals surface area contributed by atoms with Crippen molar-refractivity contribution in [2.75, 3.05) is 0 Å². The maximum absolute atomic E-state index is 5.30. The van der Waals surface area contributed by atoms with Crippen LogP contribution >= 0.6 is 11.3 Å². The summed E-state index contributed by atoms with van der Waals surface area (Å²) in [4.78, 5) is 8.23. The zero-order chi connectivity index (χ0) is 10.8. The summed E-state index contributed by atoms with van der Waals surface area (Å²) in [6.45, 7) is 2.12. The minimum atomic E-state index is 0.0461. The van der Waals surface area contributed by atoms with Crippen molar-refractivity contribution < 1.29 is 0 Å². The Hall–Kier alpha value is -1.62. The Morgan fingerprint density at radius 1 is 1.47 bits per heavy atom. The van der Waals surface area contributed by atoms with E-state index in [0.29, 0.717) is 5.13 Å². The summed E-state index contributed by atoms with van der Waals surface area (Å²) in [5.41, 5.74) is 12.8. The molecular weight excluding hydrogens is 208 g/mol. The average Bonchev–Trinajstić information content (AvgIpc) is 2.57. The van der Waals surface area contributed by atoms with E-state index in [4.69, 9.17) is 11.5 Å². The third-order valence-corrected chi connectivity index (χ3v) is 2.99. The minimum Gasteiger partial charge on any atom is -0.370 e. The second kappa shape index (κ2) is 3.86. The number of hydrogen-bond acceptors (Lipinski definition) is 3. The smallest absolute Gasteiger partial charge is 0.213 e. The first-order chi connectivity index (χ1) is 7.19. The predicted molar refractivity (Wildman–Crippen MR) is 64.5 cm³/mol. The fourth-order valence-corrected chi connectivity index (χ4v) is 2.26. The van der Waals surface area contributed by atoms with Gasteiger partial charge in [0.15, 0.2) is 5.96 Å². The van der Waals surface area contributed by atoms with Gasteiger partial charge < -0.3 is 11.5 Å². The highest BCUT2D eigenvalue weighted by Gasteiger charge is 2.03. The van der Waals surface area contributed by atoms with Crippen molar-refractivity contribution in [3.05, 3.63) is 23.8 Å². The fourth-order valence-electron chi connectivity index (χ4n) is 1.34. The Balaban J connectivity index is 2.51. The molecule has 5 heteroatoms. The molecule has 0 amide bonds. The lowest BCUT2D eigenvalue weighted by Gasteiger charge is -1.93. The Labute approximate surface area is 91.6 Å². The van der Waals surface area contributed by atoms with Crippen LogP contribution < -0.4 is 11.5 Å². The van der Waals surface area contributed by atoms with E-state index in [0.717, 1.165) is 16.6 Å². The van der Waals surface area contributed by atoms with E-state index in [1.165, 1.54) is 16.9 Å². The molecule has 0 aliphatic heterocycles. The number of hydrogen-bond donors (Lipinski definition) is 2. The van der Waals surface area contributed by atoms with Crippen LogP contribution in [0.25, 0.3) is 10.2 Å². The van der Waals surface area contributed by atoms with Gasteiger partial charge in [-0.2, -0.15) is 4.99 Å². The summed E-state index contributed by atoms with van der Waals surface area (Å²) < 4.78 is 1.12. The quantitative estimate of drug-likeness (QED) is 0.598. The third-order valence-electron chi connectivity index (χ3n) is 2.07. The van der Waals surface area contributed by atoms with Gasteiger partial charge in [-0.15, -0.1) is 0 Å². The highest BCUT2D eigenvalue weighted by molar-refractivity contribution is 7.22. The van der Waals surface area contributed by atoms with E-state index >= 15 is 0 Å². The number of aliphatic imine (C=N–C) groups is 1. The van der Waals surface area contributed by atoms with Gasteiger partial charge in [-0.1, -0.05) is 24.3 Å². The van der Waals surface area contributed by atoms with Crippen LogP contribution in [0.3, 0.4) is 0 Å². The molecule has 0 atom stereocenters. The van der Waals surface area contributed by atoms with E-state index in [2.05, 4.69) is 29.0 Å². The zero-order valence-corrected chi connectivity index (χ0v) is 9.21. The lowest BCUT2D eigenvalue weighted by atomic mass is 10.2. The van der Waals surface area contributed by atoms with Crippen molar-refractivity contribution >= 4 is 32.6 Å². The molecule has 0 spiro atoms. The highest BCUT2D eigenvalue weighted by Crippen LogP contribution is 2.28. The summed E-state index contributed by atoms with van der Waals surface area (Å²) in [5.74, 6) is 0.0461. The second-order valence-corrected chi connectivity index (χ2v) is 4.20. The number of benzene rings is 1. The van der Waals surface area contributed by atoms with E-state index in [1.54, 1.807) is 0 Å². The van der Waals surface area contributed by atoms with Crippen LogP contribution in [-0.2, 0) is 6.42 Å². The zero-order valence-electron chi connectivity index (χ0n) is 8.40. The Morgan fingerprint density at radius 2 is 2.27 bits per heavy atom. The van der Waals surface area contributed by atoms with Gasteiger partial charge in [0.25, 0.3) is 0 Å². The van der Waals surface area contributed by atoms with Crippen LogP contribution in [0.15, 0.2) is 23.2 Å². The molecule has 78 valence electrons. The lowest BCUT2D eigenvalue weighted by molar-refractivity contribution is 1.15. The third kappa shape index (κ3) is 2.07. The first-order valence-electron chi connectivity index (χ1n) is 4.68. The molecule has 1 aromatic heterocycles. The lowest BCUT2D eigenvalue weighted by Crippen LogP contribution is -2.21. The highest BCUT2D eigenvalue weighted by atomic mass is 32.1. The average molecular weight is 220 g/mol.